The van der Waals surface area contributed by atoms with Crippen LogP contribution in [0.5, 0.6) is 0 Å². The van der Waals surface area contributed by atoms with Crippen LogP contribution in [0.3, 0.4) is 0 Å². The Hall–Kier alpha value is -1.55. The van der Waals surface area contributed by atoms with Gasteiger partial charge in [-0.25, -0.2) is 0 Å². The number of rotatable bonds is 3. The second kappa shape index (κ2) is 3.90. The van der Waals surface area contributed by atoms with Crippen LogP contribution in [0.4, 0.5) is 0 Å². The van der Waals surface area contributed by atoms with Crippen molar-refractivity contribution in [3.05, 3.63) is 41.6 Å². The van der Waals surface area contributed by atoms with Gasteiger partial charge in [-0.1, -0.05) is 0 Å². The Morgan fingerprint density at radius 1 is 1.40 bits per heavy atom. The maximum absolute atomic E-state index is 5.59. The average molecular weight is 205 g/mol. The molecule has 4 heteroatoms. The van der Waals surface area contributed by atoms with Crippen LogP contribution in [-0.4, -0.2) is 16.8 Å². The Balaban J connectivity index is 2.32. The molecule has 1 atom stereocenters. The summed E-state index contributed by atoms with van der Waals surface area (Å²) in [4.78, 5) is 0. The van der Waals surface area contributed by atoms with E-state index >= 15 is 0 Å². The van der Waals surface area contributed by atoms with E-state index in [1.807, 2.05) is 45.4 Å². The molecule has 0 amide bonds. The van der Waals surface area contributed by atoms with E-state index in [0.717, 1.165) is 17.2 Å². The number of hydrogen-bond acceptors (Lipinski definition) is 3. The van der Waals surface area contributed by atoms with Crippen molar-refractivity contribution in [1.29, 1.82) is 0 Å². The molecule has 4 nitrogen and oxygen atoms in total. The minimum Gasteiger partial charge on any atom is -0.464 e. The highest BCUT2D eigenvalue weighted by Crippen LogP contribution is 2.21. The zero-order valence-electron chi connectivity index (χ0n) is 9.19. The molecule has 2 heterocycles. The fourth-order valence-electron chi connectivity index (χ4n) is 1.63. The molecule has 0 saturated heterocycles. The molecule has 1 N–H and O–H groups in total. The van der Waals surface area contributed by atoms with Crippen LogP contribution in [0, 0.1) is 6.92 Å². The third-order valence-electron chi connectivity index (χ3n) is 2.36. The molecule has 2 aromatic heterocycles. The molecule has 0 fully saturated rings. The van der Waals surface area contributed by atoms with Crippen LogP contribution in [0.15, 0.2) is 28.8 Å². The minimum atomic E-state index is 0.0277. The van der Waals surface area contributed by atoms with Gasteiger partial charge in [0.25, 0.3) is 0 Å². The van der Waals surface area contributed by atoms with Crippen molar-refractivity contribution in [3.63, 3.8) is 0 Å². The van der Waals surface area contributed by atoms with E-state index in [9.17, 15) is 0 Å². The summed E-state index contributed by atoms with van der Waals surface area (Å²) in [6.07, 6.45) is 1.93. The normalized spacial score (nSPS) is 13.0. The molecule has 0 aliphatic carbocycles. The lowest BCUT2D eigenvalue weighted by atomic mass is 10.1. The highest BCUT2D eigenvalue weighted by atomic mass is 16.3. The van der Waals surface area contributed by atoms with Gasteiger partial charge < -0.3 is 9.73 Å². The summed E-state index contributed by atoms with van der Waals surface area (Å²) in [6.45, 7) is 1.94. The standard InChI is InChI=1S/C11H15N3O/c1-8-4-5-10(15-8)11(12-2)9-6-7-14(3)13-9/h4-7,11-12H,1-3H3. The van der Waals surface area contributed by atoms with E-state index in [2.05, 4.69) is 10.4 Å². The molecule has 2 rings (SSSR count). The quantitative estimate of drug-likeness (QED) is 0.828. The maximum atomic E-state index is 5.59. The van der Waals surface area contributed by atoms with Crippen LogP contribution < -0.4 is 5.32 Å². The molecular weight excluding hydrogens is 190 g/mol. The molecule has 1 unspecified atom stereocenters. The first-order valence-electron chi connectivity index (χ1n) is 4.94. The van der Waals surface area contributed by atoms with Crippen LogP contribution in [0.1, 0.15) is 23.3 Å². The molecule has 0 aliphatic rings. The van der Waals surface area contributed by atoms with E-state index in [1.165, 1.54) is 0 Å². The summed E-state index contributed by atoms with van der Waals surface area (Å²) in [6, 6.07) is 5.95. The average Bonchev–Trinajstić information content (AvgIpc) is 2.78. The van der Waals surface area contributed by atoms with E-state index < -0.39 is 0 Å². The summed E-state index contributed by atoms with van der Waals surface area (Å²) in [5.41, 5.74) is 0.967. The van der Waals surface area contributed by atoms with Gasteiger partial charge in [-0.2, -0.15) is 5.10 Å². The zero-order valence-corrected chi connectivity index (χ0v) is 9.19. The summed E-state index contributed by atoms with van der Waals surface area (Å²) in [7, 11) is 3.81. The summed E-state index contributed by atoms with van der Waals surface area (Å²) < 4.78 is 7.38. The number of nitrogens with zero attached hydrogens (tertiary/aromatic N) is 2. The lowest BCUT2D eigenvalue weighted by Crippen LogP contribution is -2.17. The Bertz CT molecular complexity index is 404. The minimum absolute atomic E-state index is 0.0277. The molecule has 15 heavy (non-hydrogen) atoms. The monoisotopic (exact) mass is 205 g/mol. The fourth-order valence-corrected chi connectivity index (χ4v) is 1.63. The first-order chi connectivity index (χ1) is 7.20. The Labute approximate surface area is 88.9 Å². The maximum Gasteiger partial charge on any atom is 0.127 e. The summed E-state index contributed by atoms with van der Waals surface area (Å²) >= 11 is 0. The zero-order chi connectivity index (χ0) is 10.8. The summed E-state index contributed by atoms with van der Waals surface area (Å²) in [5, 5.41) is 7.55. The largest absolute Gasteiger partial charge is 0.464 e. The third kappa shape index (κ3) is 1.94. The van der Waals surface area contributed by atoms with Gasteiger partial charge in [0.15, 0.2) is 0 Å². The van der Waals surface area contributed by atoms with Gasteiger partial charge in [0.2, 0.25) is 0 Å². The molecular formula is C11H15N3O. The van der Waals surface area contributed by atoms with Crippen molar-refractivity contribution in [2.45, 2.75) is 13.0 Å². The molecule has 2 aromatic rings. The van der Waals surface area contributed by atoms with Crippen LogP contribution >= 0.6 is 0 Å². The SMILES string of the molecule is CNC(c1ccn(C)n1)c1ccc(C)o1. The predicted octanol–water partition coefficient (Wildman–Crippen LogP) is 1.63. The van der Waals surface area contributed by atoms with Crippen molar-refractivity contribution in [3.8, 4) is 0 Å². The number of nitrogens with one attached hydrogen (secondary N) is 1. The number of hydrogen-bond donors (Lipinski definition) is 1. The Morgan fingerprint density at radius 3 is 2.67 bits per heavy atom. The van der Waals surface area contributed by atoms with Gasteiger partial charge in [-0.05, 0) is 32.2 Å². The van der Waals surface area contributed by atoms with Crippen molar-refractivity contribution in [2.24, 2.45) is 7.05 Å². The Kier molecular flexibility index (Phi) is 2.60. The molecule has 0 bridgehead atoms. The van der Waals surface area contributed by atoms with Gasteiger partial charge in [-0.15, -0.1) is 0 Å². The topological polar surface area (TPSA) is 43.0 Å². The number of aromatic nitrogens is 2. The fraction of sp³-hybridized carbons (Fsp3) is 0.364. The lowest BCUT2D eigenvalue weighted by Gasteiger charge is -2.10. The first kappa shape index (κ1) is 9.98. The molecule has 0 saturated carbocycles. The van der Waals surface area contributed by atoms with E-state index in [1.54, 1.807) is 4.68 Å². The van der Waals surface area contributed by atoms with Crippen LogP contribution in [0.25, 0.3) is 0 Å². The van der Waals surface area contributed by atoms with Crippen molar-refractivity contribution >= 4 is 0 Å². The second-order valence-corrected chi connectivity index (χ2v) is 3.58. The molecule has 0 spiro atoms. The van der Waals surface area contributed by atoms with Gasteiger partial charge in [-0.3, -0.25) is 4.68 Å². The molecule has 0 radical (unpaired) electrons. The lowest BCUT2D eigenvalue weighted by molar-refractivity contribution is 0.438. The first-order valence-corrected chi connectivity index (χ1v) is 4.94. The third-order valence-corrected chi connectivity index (χ3v) is 2.36. The van der Waals surface area contributed by atoms with Crippen LogP contribution in [0.2, 0.25) is 0 Å². The Morgan fingerprint density at radius 2 is 2.20 bits per heavy atom. The van der Waals surface area contributed by atoms with Gasteiger partial charge in [0.05, 0.1) is 5.69 Å². The highest BCUT2D eigenvalue weighted by molar-refractivity contribution is 5.20. The smallest absolute Gasteiger partial charge is 0.127 e. The molecule has 80 valence electrons. The van der Waals surface area contributed by atoms with Gasteiger partial charge >= 0.3 is 0 Å². The van der Waals surface area contributed by atoms with Crippen LogP contribution in [-0.2, 0) is 7.05 Å². The van der Waals surface area contributed by atoms with Crippen molar-refractivity contribution in [2.75, 3.05) is 7.05 Å². The molecule has 0 aromatic carbocycles. The molecule has 0 aliphatic heterocycles. The van der Waals surface area contributed by atoms with Crippen molar-refractivity contribution < 1.29 is 4.42 Å². The van der Waals surface area contributed by atoms with E-state index in [0.29, 0.717) is 0 Å². The van der Waals surface area contributed by atoms with Gasteiger partial charge in [0, 0.05) is 13.2 Å². The summed E-state index contributed by atoms with van der Waals surface area (Å²) in [5.74, 6) is 1.81. The number of aryl methyl sites for hydroxylation is 2. The van der Waals surface area contributed by atoms with E-state index in [4.69, 9.17) is 4.42 Å². The van der Waals surface area contributed by atoms with Crippen molar-refractivity contribution in [1.82, 2.24) is 15.1 Å². The van der Waals surface area contributed by atoms with Gasteiger partial charge in [0.1, 0.15) is 17.6 Å². The second-order valence-electron chi connectivity index (χ2n) is 3.58. The number of furan rings is 1. The predicted molar refractivity (Wildman–Crippen MR) is 57.6 cm³/mol. The highest BCUT2D eigenvalue weighted by Gasteiger charge is 2.17. The van der Waals surface area contributed by atoms with E-state index in [-0.39, 0.29) is 6.04 Å².